The molecule has 8 heteroatoms. The minimum absolute atomic E-state index is 0.0601. The lowest BCUT2D eigenvalue weighted by atomic mass is 10.0. The number of carbonyl (C=O) groups is 1. The van der Waals surface area contributed by atoms with E-state index >= 15 is 0 Å². The first-order valence-corrected chi connectivity index (χ1v) is 11.9. The molecule has 0 bridgehead atoms. The molecule has 7 nitrogen and oxygen atoms in total. The summed E-state index contributed by atoms with van der Waals surface area (Å²) in [5.41, 5.74) is 1.23. The third-order valence-electron chi connectivity index (χ3n) is 6.68. The predicted octanol–water partition coefficient (Wildman–Crippen LogP) is 3.45. The molecule has 3 aromatic rings. The van der Waals surface area contributed by atoms with Crippen LogP contribution in [0.2, 0.25) is 0 Å². The normalized spacial score (nSPS) is 19.1. The van der Waals surface area contributed by atoms with Crippen LogP contribution in [0.25, 0.3) is 10.8 Å². The number of fused-ring (bicyclic) bond motifs is 1. The quantitative estimate of drug-likeness (QED) is 0.603. The monoisotopic (exact) mass is 465 g/mol. The molecule has 1 atom stereocenters. The van der Waals surface area contributed by atoms with E-state index in [9.17, 15) is 14.0 Å². The van der Waals surface area contributed by atoms with Crippen LogP contribution in [0.15, 0.2) is 47.3 Å². The number of likely N-dealkylation sites (tertiary alicyclic amines) is 1. The van der Waals surface area contributed by atoms with E-state index in [1.165, 1.54) is 6.07 Å². The number of rotatable bonds is 6. The van der Waals surface area contributed by atoms with Gasteiger partial charge in [0.2, 0.25) is 0 Å². The number of ether oxygens (including phenoxy) is 2. The summed E-state index contributed by atoms with van der Waals surface area (Å²) in [7, 11) is 0. The minimum atomic E-state index is -0.537. The summed E-state index contributed by atoms with van der Waals surface area (Å²) < 4.78 is 26.2. The standard InChI is InChI=1S/C26H28FN3O4/c27-23-8-7-17(15-24-20-5-1-2-6-21(20)25(31)29-28-24)14-22(23)26(32)30-11-9-18(10-12-30)34-16-19-4-3-13-33-19/h1-2,5-8,14,18-19H,3-4,9-13,15-16H2,(H,29,31). The van der Waals surface area contributed by atoms with Gasteiger partial charge in [0.15, 0.2) is 0 Å². The average Bonchev–Trinajstić information content (AvgIpc) is 3.39. The van der Waals surface area contributed by atoms with Crippen molar-refractivity contribution in [2.24, 2.45) is 0 Å². The van der Waals surface area contributed by atoms with Gasteiger partial charge in [0.25, 0.3) is 11.5 Å². The van der Waals surface area contributed by atoms with Crippen molar-refractivity contribution in [2.45, 2.75) is 44.3 Å². The summed E-state index contributed by atoms with van der Waals surface area (Å²) >= 11 is 0. The third kappa shape index (κ3) is 4.88. The molecule has 1 aromatic heterocycles. The zero-order chi connectivity index (χ0) is 23.5. The van der Waals surface area contributed by atoms with Crippen LogP contribution < -0.4 is 5.56 Å². The van der Waals surface area contributed by atoms with Crippen molar-refractivity contribution >= 4 is 16.7 Å². The fraction of sp³-hybridized carbons (Fsp3) is 0.423. The molecule has 0 spiro atoms. The van der Waals surface area contributed by atoms with Crippen molar-refractivity contribution in [2.75, 3.05) is 26.3 Å². The van der Waals surface area contributed by atoms with Crippen molar-refractivity contribution in [1.82, 2.24) is 15.1 Å². The Morgan fingerprint density at radius 2 is 1.94 bits per heavy atom. The van der Waals surface area contributed by atoms with Crippen LogP contribution in [0.1, 0.15) is 47.3 Å². The van der Waals surface area contributed by atoms with E-state index in [-0.39, 0.29) is 29.2 Å². The van der Waals surface area contributed by atoms with E-state index < -0.39 is 5.82 Å². The first-order valence-electron chi connectivity index (χ1n) is 11.9. The highest BCUT2D eigenvalue weighted by atomic mass is 19.1. The van der Waals surface area contributed by atoms with E-state index in [0.717, 1.165) is 43.2 Å². The first kappa shape index (κ1) is 22.7. The maximum absolute atomic E-state index is 14.6. The Balaban J connectivity index is 1.26. The zero-order valence-corrected chi connectivity index (χ0v) is 19.0. The molecule has 1 amide bonds. The van der Waals surface area contributed by atoms with Crippen LogP contribution in [0, 0.1) is 5.82 Å². The lowest BCUT2D eigenvalue weighted by Gasteiger charge is -2.32. The summed E-state index contributed by atoms with van der Waals surface area (Å²) in [6, 6.07) is 11.8. The number of amides is 1. The van der Waals surface area contributed by atoms with E-state index in [1.54, 1.807) is 29.2 Å². The van der Waals surface area contributed by atoms with E-state index in [1.807, 2.05) is 12.1 Å². The smallest absolute Gasteiger partial charge is 0.272 e. The highest BCUT2D eigenvalue weighted by molar-refractivity contribution is 5.95. The average molecular weight is 466 g/mol. The highest BCUT2D eigenvalue weighted by Crippen LogP contribution is 2.22. The number of aromatic amines is 1. The molecule has 3 heterocycles. The number of nitrogens with one attached hydrogen (secondary N) is 1. The molecule has 0 saturated carbocycles. The van der Waals surface area contributed by atoms with Gasteiger partial charge in [-0.3, -0.25) is 9.59 Å². The number of hydrogen-bond acceptors (Lipinski definition) is 5. The summed E-state index contributed by atoms with van der Waals surface area (Å²) in [6.45, 7) is 2.47. The fourth-order valence-corrected chi connectivity index (χ4v) is 4.76. The van der Waals surface area contributed by atoms with E-state index in [4.69, 9.17) is 9.47 Å². The Hall–Kier alpha value is -3.10. The van der Waals surface area contributed by atoms with Crippen molar-refractivity contribution < 1.29 is 18.7 Å². The number of hydrogen-bond donors (Lipinski definition) is 1. The fourth-order valence-electron chi connectivity index (χ4n) is 4.76. The zero-order valence-electron chi connectivity index (χ0n) is 19.0. The molecule has 2 aliphatic rings. The molecule has 178 valence electrons. The predicted molar refractivity (Wildman–Crippen MR) is 125 cm³/mol. The van der Waals surface area contributed by atoms with Gasteiger partial charge < -0.3 is 14.4 Å². The molecule has 2 saturated heterocycles. The number of halogens is 1. The van der Waals surface area contributed by atoms with Gasteiger partial charge in [-0.05, 0) is 49.4 Å². The molecule has 2 aliphatic heterocycles. The summed E-state index contributed by atoms with van der Waals surface area (Å²) in [4.78, 5) is 26.9. The Bertz CT molecular complexity index is 1230. The number of benzene rings is 2. The van der Waals surface area contributed by atoms with Crippen LogP contribution in [-0.4, -0.2) is 59.5 Å². The molecule has 0 radical (unpaired) electrons. The van der Waals surface area contributed by atoms with Crippen molar-refractivity contribution in [3.05, 3.63) is 75.5 Å². The first-order chi connectivity index (χ1) is 16.6. The maximum Gasteiger partial charge on any atom is 0.272 e. The van der Waals surface area contributed by atoms with E-state index in [2.05, 4.69) is 10.2 Å². The molecule has 34 heavy (non-hydrogen) atoms. The lowest BCUT2D eigenvalue weighted by molar-refractivity contribution is -0.0395. The lowest BCUT2D eigenvalue weighted by Crippen LogP contribution is -2.41. The van der Waals surface area contributed by atoms with Gasteiger partial charge in [-0.1, -0.05) is 24.3 Å². The molecule has 1 unspecified atom stereocenters. The second-order valence-electron chi connectivity index (χ2n) is 9.00. The SMILES string of the molecule is O=C(c1cc(Cc2n[nH]c(=O)c3ccccc23)ccc1F)N1CCC(OCC2CCCO2)CC1. The van der Waals surface area contributed by atoms with Gasteiger partial charge in [-0.2, -0.15) is 5.10 Å². The molecule has 5 rings (SSSR count). The topological polar surface area (TPSA) is 84.5 Å². The number of carbonyl (C=O) groups excluding carboxylic acids is 1. The Morgan fingerprint density at radius 3 is 2.71 bits per heavy atom. The Morgan fingerprint density at radius 1 is 1.15 bits per heavy atom. The highest BCUT2D eigenvalue weighted by Gasteiger charge is 2.27. The summed E-state index contributed by atoms with van der Waals surface area (Å²) in [5, 5.41) is 8.01. The Kier molecular flexibility index (Phi) is 6.69. The van der Waals surface area contributed by atoms with Crippen LogP contribution in [-0.2, 0) is 15.9 Å². The van der Waals surface area contributed by atoms with Gasteiger partial charge in [-0.15, -0.1) is 0 Å². The van der Waals surface area contributed by atoms with Crippen molar-refractivity contribution in [1.29, 1.82) is 0 Å². The van der Waals surface area contributed by atoms with Crippen LogP contribution in [0.4, 0.5) is 4.39 Å². The number of nitrogens with zero attached hydrogens (tertiary/aromatic N) is 2. The molecule has 2 aromatic carbocycles. The Labute approximate surface area is 196 Å². The van der Waals surface area contributed by atoms with E-state index in [0.29, 0.717) is 37.2 Å². The molecule has 0 aliphatic carbocycles. The van der Waals surface area contributed by atoms with Gasteiger partial charge in [0.1, 0.15) is 5.82 Å². The number of piperidine rings is 1. The van der Waals surface area contributed by atoms with Crippen LogP contribution in [0.3, 0.4) is 0 Å². The number of H-pyrrole nitrogens is 1. The van der Waals surface area contributed by atoms with Gasteiger partial charge in [-0.25, -0.2) is 9.49 Å². The summed E-state index contributed by atoms with van der Waals surface area (Å²) in [5.74, 6) is -0.846. The molecular weight excluding hydrogens is 437 g/mol. The van der Waals surface area contributed by atoms with Crippen molar-refractivity contribution in [3.8, 4) is 0 Å². The van der Waals surface area contributed by atoms with Gasteiger partial charge in [0.05, 0.1) is 35.5 Å². The van der Waals surface area contributed by atoms with Crippen LogP contribution in [0.5, 0.6) is 0 Å². The second kappa shape index (κ2) is 10.0. The largest absolute Gasteiger partial charge is 0.376 e. The number of aromatic nitrogens is 2. The van der Waals surface area contributed by atoms with Crippen LogP contribution >= 0.6 is 0 Å². The molecular formula is C26H28FN3O4. The third-order valence-corrected chi connectivity index (χ3v) is 6.68. The van der Waals surface area contributed by atoms with Gasteiger partial charge in [0, 0.05) is 31.5 Å². The second-order valence-corrected chi connectivity index (χ2v) is 9.00. The minimum Gasteiger partial charge on any atom is -0.376 e. The maximum atomic E-state index is 14.6. The van der Waals surface area contributed by atoms with Crippen molar-refractivity contribution in [3.63, 3.8) is 0 Å². The molecule has 2 fully saturated rings. The summed E-state index contributed by atoms with van der Waals surface area (Å²) in [6.07, 6.45) is 4.24. The molecule has 1 N–H and O–H groups in total. The van der Waals surface area contributed by atoms with Gasteiger partial charge >= 0.3 is 0 Å².